The lowest BCUT2D eigenvalue weighted by Crippen LogP contribution is -2.27. The Bertz CT molecular complexity index is 512. The molecule has 0 aliphatic carbocycles. The third kappa shape index (κ3) is 3.79. The quantitative estimate of drug-likeness (QED) is 0.878. The molecule has 4 heteroatoms. The molecule has 0 spiro atoms. The van der Waals surface area contributed by atoms with Crippen molar-refractivity contribution in [1.82, 2.24) is 4.98 Å². The number of aromatic nitrogens is 1. The average Bonchev–Trinajstić information content (AvgIpc) is 2.49. The van der Waals surface area contributed by atoms with Crippen molar-refractivity contribution in [2.45, 2.75) is 25.7 Å². The summed E-state index contributed by atoms with van der Waals surface area (Å²) in [7, 11) is 1.65. The molecule has 2 N–H and O–H groups in total. The minimum Gasteiger partial charge on any atom is -0.497 e. The molecule has 1 aromatic heterocycles. The van der Waals surface area contributed by atoms with Crippen LogP contribution in [-0.2, 0) is 11.3 Å². The Morgan fingerprint density at radius 3 is 2.45 bits per heavy atom. The summed E-state index contributed by atoms with van der Waals surface area (Å²) in [6.45, 7) is 2.42. The highest BCUT2D eigenvalue weighted by molar-refractivity contribution is 5.26. The molecule has 4 nitrogen and oxygen atoms in total. The molecule has 0 aliphatic rings. The second kappa shape index (κ2) is 7.03. The molecule has 2 atom stereocenters. The summed E-state index contributed by atoms with van der Waals surface area (Å²) in [5, 5.41) is 0. The lowest BCUT2D eigenvalue weighted by Gasteiger charge is -2.21. The molecule has 1 aromatic carbocycles. The standard InChI is InChI=1S/C16H20N2O2/c1-12(17)16(15-5-3-4-10-18-15)20-11-13-6-8-14(19-2)9-7-13/h3-10,12,16H,11,17H2,1-2H3. The first-order valence-corrected chi connectivity index (χ1v) is 6.61. The van der Waals surface area contributed by atoms with Crippen molar-refractivity contribution in [2.24, 2.45) is 5.73 Å². The molecule has 0 radical (unpaired) electrons. The van der Waals surface area contributed by atoms with Gasteiger partial charge in [-0.15, -0.1) is 0 Å². The van der Waals surface area contributed by atoms with Gasteiger partial charge in [0, 0.05) is 12.2 Å². The minimum absolute atomic E-state index is 0.122. The van der Waals surface area contributed by atoms with Gasteiger partial charge in [0.2, 0.25) is 0 Å². The van der Waals surface area contributed by atoms with Crippen molar-refractivity contribution in [1.29, 1.82) is 0 Å². The van der Waals surface area contributed by atoms with Gasteiger partial charge >= 0.3 is 0 Å². The summed E-state index contributed by atoms with van der Waals surface area (Å²) in [6, 6.07) is 13.4. The number of nitrogens with two attached hydrogens (primary N) is 1. The van der Waals surface area contributed by atoms with Crippen molar-refractivity contribution in [3.63, 3.8) is 0 Å². The normalized spacial score (nSPS) is 13.8. The van der Waals surface area contributed by atoms with Gasteiger partial charge in [-0.05, 0) is 36.8 Å². The summed E-state index contributed by atoms with van der Waals surface area (Å²) >= 11 is 0. The Balaban J connectivity index is 2.02. The van der Waals surface area contributed by atoms with E-state index in [9.17, 15) is 0 Å². The van der Waals surface area contributed by atoms with Crippen molar-refractivity contribution in [3.8, 4) is 5.75 Å². The van der Waals surface area contributed by atoms with Crippen molar-refractivity contribution < 1.29 is 9.47 Å². The van der Waals surface area contributed by atoms with E-state index in [1.807, 2.05) is 49.4 Å². The van der Waals surface area contributed by atoms with E-state index < -0.39 is 0 Å². The average molecular weight is 272 g/mol. The zero-order valence-corrected chi connectivity index (χ0v) is 11.8. The molecule has 0 fully saturated rings. The molecule has 0 aliphatic heterocycles. The molecule has 2 rings (SSSR count). The second-order valence-corrected chi connectivity index (χ2v) is 4.69. The van der Waals surface area contributed by atoms with Gasteiger partial charge in [0.05, 0.1) is 19.4 Å². The van der Waals surface area contributed by atoms with Crippen molar-refractivity contribution in [3.05, 3.63) is 59.9 Å². The van der Waals surface area contributed by atoms with Crippen LogP contribution >= 0.6 is 0 Å². The molecule has 2 unspecified atom stereocenters. The fraction of sp³-hybridized carbons (Fsp3) is 0.312. The zero-order chi connectivity index (χ0) is 14.4. The number of pyridine rings is 1. The smallest absolute Gasteiger partial charge is 0.118 e. The van der Waals surface area contributed by atoms with Gasteiger partial charge in [-0.25, -0.2) is 0 Å². The maximum Gasteiger partial charge on any atom is 0.118 e. The van der Waals surface area contributed by atoms with Crippen LogP contribution in [-0.4, -0.2) is 18.1 Å². The number of hydrogen-bond donors (Lipinski definition) is 1. The van der Waals surface area contributed by atoms with Crippen LogP contribution in [0.3, 0.4) is 0 Å². The van der Waals surface area contributed by atoms with Gasteiger partial charge in [-0.2, -0.15) is 0 Å². The molecule has 0 saturated heterocycles. The highest BCUT2D eigenvalue weighted by Gasteiger charge is 2.18. The van der Waals surface area contributed by atoms with Crippen LogP contribution in [0.15, 0.2) is 48.7 Å². The third-order valence-electron chi connectivity index (χ3n) is 3.05. The van der Waals surface area contributed by atoms with Gasteiger partial charge in [0.15, 0.2) is 0 Å². The summed E-state index contributed by atoms with van der Waals surface area (Å²) < 4.78 is 11.1. The summed E-state index contributed by atoms with van der Waals surface area (Å²) in [4.78, 5) is 4.31. The highest BCUT2D eigenvalue weighted by Crippen LogP contribution is 2.20. The van der Waals surface area contributed by atoms with Crippen LogP contribution in [0, 0.1) is 0 Å². The van der Waals surface area contributed by atoms with Gasteiger partial charge < -0.3 is 15.2 Å². The van der Waals surface area contributed by atoms with Crippen LogP contribution < -0.4 is 10.5 Å². The Kier molecular flexibility index (Phi) is 5.09. The van der Waals surface area contributed by atoms with Gasteiger partial charge in [-0.1, -0.05) is 18.2 Å². The first kappa shape index (κ1) is 14.5. The van der Waals surface area contributed by atoms with Crippen LogP contribution in [0.4, 0.5) is 0 Å². The van der Waals surface area contributed by atoms with E-state index in [1.165, 1.54) is 0 Å². The van der Waals surface area contributed by atoms with E-state index in [1.54, 1.807) is 13.3 Å². The fourth-order valence-electron chi connectivity index (χ4n) is 1.96. The predicted molar refractivity (Wildman–Crippen MR) is 78.4 cm³/mol. The number of benzene rings is 1. The van der Waals surface area contributed by atoms with Crippen LogP contribution in [0.1, 0.15) is 24.3 Å². The SMILES string of the molecule is COc1ccc(COC(c2ccccn2)C(C)N)cc1. The van der Waals surface area contributed by atoms with E-state index in [-0.39, 0.29) is 12.1 Å². The largest absolute Gasteiger partial charge is 0.497 e. The Morgan fingerprint density at radius 1 is 1.15 bits per heavy atom. The third-order valence-corrected chi connectivity index (χ3v) is 3.05. The van der Waals surface area contributed by atoms with E-state index in [0.29, 0.717) is 6.61 Å². The summed E-state index contributed by atoms with van der Waals surface area (Å²) in [6.07, 6.45) is 1.54. The van der Waals surface area contributed by atoms with Crippen molar-refractivity contribution in [2.75, 3.05) is 7.11 Å². The number of ether oxygens (including phenoxy) is 2. The zero-order valence-electron chi connectivity index (χ0n) is 11.8. The first-order valence-electron chi connectivity index (χ1n) is 6.61. The van der Waals surface area contributed by atoms with Gasteiger partial charge in [0.1, 0.15) is 11.9 Å². The van der Waals surface area contributed by atoms with Crippen LogP contribution in [0.25, 0.3) is 0 Å². The second-order valence-electron chi connectivity index (χ2n) is 4.69. The van der Waals surface area contributed by atoms with E-state index in [0.717, 1.165) is 17.0 Å². The predicted octanol–water partition coefficient (Wildman–Crippen LogP) is 2.70. The molecule has 0 amide bonds. The minimum atomic E-state index is -0.210. The van der Waals surface area contributed by atoms with Gasteiger partial charge in [-0.3, -0.25) is 4.98 Å². The van der Waals surface area contributed by atoms with Crippen LogP contribution in [0.5, 0.6) is 5.75 Å². The number of nitrogens with zero attached hydrogens (tertiary/aromatic N) is 1. The van der Waals surface area contributed by atoms with Crippen LogP contribution in [0.2, 0.25) is 0 Å². The van der Waals surface area contributed by atoms with E-state index >= 15 is 0 Å². The Hall–Kier alpha value is -1.91. The summed E-state index contributed by atoms with van der Waals surface area (Å²) in [5.41, 5.74) is 7.93. The lowest BCUT2D eigenvalue weighted by molar-refractivity contribution is 0.0231. The van der Waals surface area contributed by atoms with E-state index in [4.69, 9.17) is 15.2 Å². The molecule has 2 aromatic rings. The molecule has 0 bridgehead atoms. The molecule has 106 valence electrons. The maximum absolute atomic E-state index is 5.99. The number of rotatable bonds is 6. The summed E-state index contributed by atoms with van der Waals surface area (Å²) in [5.74, 6) is 0.835. The fourth-order valence-corrected chi connectivity index (χ4v) is 1.96. The Morgan fingerprint density at radius 2 is 1.90 bits per heavy atom. The van der Waals surface area contributed by atoms with Crippen molar-refractivity contribution >= 4 is 0 Å². The number of hydrogen-bond acceptors (Lipinski definition) is 4. The lowest BCUT2D eigenvalue weighted by atomic mass is 10.1. The molecular formula is C16H20N2O2. The molecule has 0 saturated carbocycles. The number of methoxy groups -OCH3 is 1. The van der Waals surface area contributed by atoms with E-state index in [2.05, 4.69) is 4.98 Å². The topological polar surface area (TPSA) is 57.4 Å². The highest BCUT2D eigenvalue weighted by atomic mass is 16.5. The maximum atomic E-state index is 5.99. The molecule has 1 heterocycles. The molecular weight excluding hydrogens is 252 g/mol. The first-order chi connectivity index (χ1) is 9.70. The Labute approximate surface area is 119 Å². The van der Waals surface area contributed by atoms with Gasteiger partial charge in [0.25, 0.3) is 0 Å². The molecule has 20 heavy (non-hydrogen) atoms. The monoisotopic (exact) mass is 272 g/mol.